The highest BCUT2D eigenvalue weighted by molar-refractivity contribution is 5.87. The maximum absolute atomic E-state index is 11.0. The lowest BCUT2D eigenvalue weighted by Gasteiger charge is -2.07. The Hall–Kier alpha value is -3.22. The lowest BCUT2D eigenvalue weighted by atomic mass is 10.2. The van der Waals surface area contributed by atoms with Crippen LogP contribution in [0, 0.1) is 0 Å². The van der Waals surface area contributed by atoms with Crippen molar-refractivity contribution >= 4 is 11.7 Å². The summed E-state index contributed by atoms with van der Waals surface area (Å²) in [6, 6.07) is 7.02. The van der Waals surface area contributed by atoms with E-state index in [4.69, 9.17) is 4.74 Å². The summed E-state index contributed by atoms with van der Waals surface area (Å²) in [5, 5.41) is 6.74. The second-order valence-electron chi connectivity index (χ2n) is 4.94. The number of amides is 1. The number of carbonyl (C=O) groups is 1. The quantitative estimate of drug-likeness (QED) is 0.801. The van der Waals surface area contributed by atoms with Crippen molar-refractivity contribution in [2.75, 3.05) is 5.32 Å². The van der Waals surface area contributed by atoms with Crippen molar-refractivity contribution in [2.24, 2.45) is 7.05 Å². The van der Waals surface area contributed by atoms with Crippen molar-refractivity contribution < 1.29 is 9.53 Å². The number of aromatic nitrogens is 4. The summed E-state index contributed by atoms with van der Waals surface area (Å²) < 4.78 is 7.48. The summed E-state index contributed by atoms with van der Waals surface area (Å²) >= 11 is 0. The van der Waals surface area contributed by atoms with Crippen LogP contribution in [0.15, 0.2) is 49.1 Å². The van der Waals surface area contributed by atoms with Crippen molar-refractivity contribution in [2.45, 2.75) is 6.92 Å². The molecule has 0 aliphatic rings. The van der Waals surface area contributed by atoms with E-state index >= 15 is 0 Å². The highest BCUT2D eigenvalue weighted by atomic mass is 16.5. The Morgan fingerprint density at radius 2 is 2.04 bits per heavy atom. The van der Waals surface area contributed by atoms with E-state index in [1.165, 1.54) is 6.92 Å². The molecule has 3 rings (SSSR count). The van der Waals surface area contributed by atoms with Crippen LogP contribution in [0.3, 0.4) is 0 Å². The lowest BCUT2D eigenvalue weighted by Crippen LogP contribution is -2.06. The zero-order valence-corrected chi connectivity index (χ0v) is 12.7. The molecule has 3 aromatic heterocycles. The van der Waals surface area contributed by atoms with Crippen LogP contribution < -0.4 is 10.1 Å². The van der Waals surface area contributed by atoms with Crippen LogP contribution in [-0.2, 0) is 11.8 Å². The van der Waals surface area contributed by atoms with E-state index in [1.807, 2.05) is 19.3 Å². The highest BCUT2D eigenvalue weighted by Gasteiger charge is 2.05. The van der Waals surface area contributed by atoms with Gasteiger partial charge >= 0.3 is 0 Å². The van der Waals surface area contributed by atoms with Gasteiger partial charge < -0.3 is 10.1 Å². The topological polar surface area (TPSA) is 81.9 Å². The summed E-state index contributed by atoms with van der Waals surface area (Å²) in [5.74, 6) is 1.53. The van der Waals surface area contributed by atoms with E-state index in [0.717, 1.165) is 11.3 Å². The van der Waals surface area contributed by atoms with Crippen LogP contribution >= 0.6 is 0 Å². The fraction of sp³-hybridized carbons (Fsp3) is 0.125. The van der Waals surface area contributed by atoms with Crippen molar-refractivity contribution in [3.05, 3.63) is 49.1 Å². The third-order valence-electron chi connectivity index (χ3n) is 3.01. The van der Waals surface area contributed by atoms with Gasteiger partial charge in [0, 0.05) is 38.0 Å². The summed E-state index contributed by atoms with van der Waals surface area (Å²) in [6.45, 7) is 1.43. The van der Waals surface area contributed by atoms with Gasteiger partial charge in [0.05, 0.1) is 18.1 Å². The predicted octanol–water partition coefficient (Wildman–Crippen LogP) is 2.63. The van der Waals surface area contributed by atoms with Gasteiger partial charge in [-0.05, 0) is 18.2 Å². The Morgan fingerprint density at radius 3 is 2.70 bits per heavy atom. The molecule has 1 N–H and O–H groups in total. The monoisotopic (exact) mass is 309 g/mol. The van der Waals surface area contributed by atoms with Gasteiger partial charge in [0.15, 0.2) is 0 Å². The Kier molecular flexibility index (Phi) is 4.01. The minimum Gasteiger partial charge on any atom is -0.456 e. The van der Waals surface area contributed by atoms with Crippen LogP contribution in [0.1, 0.15) is 6.92 Å². The van der Waals surface area contributed by atoms with Crippen molar-refractivity contribution in [1.29, 1.82) is 0 Å². The van der Waals surface area contributed by atoms with E-state index in [-0.39, 0.29) is 5.91 Å². The fourth-order valence-electron chi connectivity index (χ4n) is 2.02. The number of nitrogens with one attached hydrogen (secondary N) is 1. The van der Waals surface area contributed by atoms with Crippen LogP contribution in [0.2, 0.25) is 0 Å². The van der Waals surface area contributed by atoms with Gasteiger partial charge in [0.1, 0.15) is 17.3 Å². The van der Waals surface area contributed by atoms with Crippen LogP contribution in [0.4, 0.5) is 5.82 Å². The molecule has 23 heavy (non-hydrogen) atoms. The van der Waals surface area contributed by atoms with E-state index in [0.29, 0.717) is 17.3 Å². The van der Waals surface area contributed by atoms with Crippen LogP contribution in [-0.4, -0.2) is 25.7 Å². The molecular formula is C16H15N5O2. The van der Waals surface area contributed by atoms with Crippen molar-refractivity contribution in [3.8, 4) is 22.8 Å². The number of pyridine rings is 2. The molecule has 7 heteroatoms. The Balaban J connectivity index is 1.76. The summed E-state index contributed by atoms with van der Waals surface area (Å²) in [5.41, 5.74) is 1.69. The Labute approximate surface area is 133 Å². The number of hydrogen-bond donors (Lipinski definition) is 1. The van der Waals surface area contributed by atoms with E-state index in [1.54, 1.807) is 41.5 Å². The second-order valence-corrected chi connectivity index (χ2v) is 4.94. The minimum absolute atomic E-state index is 0.165. The molecule has 116 valence electrons. The number of ether oxygens (including phenoxy) is 1. The number of hydrogen-bond acceptors (Lipinski definition) is 5. The molecule has 0 spiro atoms. The first kappa shape index (κ1) is 14.7. The minimum atomic E-state index is -0.165. The van der Waals surface area contributed by atoms with Gasteiger partial charge in [-0.3, -0.25) is 14.5 Å². The standard InChI is InChI=1S/C16H15N5O2/c1-11(22)20-16-4-3-14(9-18-16)23-13-5-6-17-15(7-13)12-8-19-21(2)10-12/h3-10H,1-2H3,(H,18,20,22). The molecule has 0 saturated heterocycles. The molecular weight excluding hydrogens is 294 g/mol. The molecule has 0 atom stereocenters. The number of nitrogens with zero attached hydrogens (tertiary/aromatic N) is 4. The molecule has 0 saturated carbocycles. The number of carbonyl (C=O) groups excluding carboxylic acids is 1. The summed E-state index contributed by atoms with van der Waals surface area (Å²) in [4.78, 5) is 19.4. The van der Waals surface area contributed by atoms with Gasteiger partial charge in [0.25, 0.3) is 0 Å². The van der Waals surface area contributed by atoms with Gasteiger partial charge in [0.2, 0.25) is 5.91 Å². The Bertz CT molecular complexity index is 826. The largest absolute Gasteiger partial charge is 0.456 e. The van der Waals surface area contributed by atoms with Crippen LogP contribution in [0.25, 0.3) is 11.3 Å². The van der Waals surface area contributed by atoms with E-state index in [2.05, 4.69) is 20.4 Å². The third kappa shape index (κ3) is 3.70. The summed E-state index contributed by atoms with van der Waals surface area (Å²) in [7, 11) is 1.85. The lowest BCUT2D eigenvalue weighted by molar-refractivity contribution is -0.114. The molecule has 0 bridgehead atoms. The molecule has 3 heterocycles. The second kappa shape index (κ2) is 6.27. The van der Waals surface area contributed by atoms with E-state index < -0.39 is 0 Å². The highest BCUT2D eigenvalue weighted by Crippen LogP contribution is 2.25. The molecule has 0 unspecified atom stereocenters. The van der Waals surface area contributed by atoms with Gasteiger partial charge in [-0.1, -0.05) is 0 Å². The predicted molar refractivity (Wildman–Crippen MR) is 85.1 cm³/mol. The van der Waals surface area contributed by atoms with Gasteiger partial charge in [-0.2, -0.15) is 5.10 Å². The fourth-order valence-corrected chi connectivity index (χ4v) is 2.02. The molecule has 7 nitrogen and oxygen atoms in total. The number of rotatable bonds is 4. The molecule has 0 fully saturated rings. The van der Waals surface area contributed by atoms with Gasteiger partial charge in [-0.15, -0.1) is 0 Å². The zero-order valence-electron chi connectivity index (χ0n) is 12.7. The number of anilines is 1. The summed E-state index contributed by atoms with van der Waals surface area (Å²) in [6.07, 6.45) is 6.86. The first-order valence-corrected chi connectivity index (χ1v) is 6.97. The average molecular weight is 309 g/mol. The number of aryl methyl sites for hydroxylation is 1. The molecule has 3 aromatic rings. The third-order valence-corrected chi connectivity index (χ3v) is 3.01. The maximum Gasteiger partial charge on any atom is 0.222 e. The molecule has 1 amide bonds. The van der Waals surface area contributed by atoms with E-state index in [9.17, 15) is 4.79 Å². The molecule has 0 aliphatic heterocycles. The Morgan fingerprint density at radius 1 is 1.17 bits per heavy atom. The first-order valence-electron chi connectivity index (χ1n) is 6.97. The SMILES string of the molecule is CC(=O)Nc1ccc(Oc2ccnc(-c3cnn(C)c3)c2)cn1. The van der Waals surface area contributed by atoms with Crippen LogP contribution in [0.5, 0.6) is 11.5 Å². The van der Waals surface area contributed by atoms with Crippen molar-refractivity contribution in [3.63, 3.8) is 0 Å². The normalized spacial score (nSPS) is 10.3. The average Bonchev–Trinajstić information content (AvgIpc) is 2.96. The first-order chi connectivity index (χ1) is 11.1. The zero-order chi connectivity index (χ0) is 16.2. The van der Waals surface area contributed by atoms with Crippen molar-refractivity contribution in [1.82, 2.24) is 19.7 Å². The maximum atomic E-state index is 11.0. The molecule has 0 radical (unpaired) electrons. The molecule has 0 aliphatic carbocycles. The van der Waals surface area contributed by atoms with Gasteiger partial charge in [-0.25, -0.2) is 4.98 Å². The smallest absolute Gasteiger partial charge is 0.222 e. The molecule has 0 aromatic carbocycles.